The van der Waals surface area contributed by atoms with Gasteiger partial charge in [0.2, 0.25) is 0 Å². The van der Waals surface area contributed by atoms with Crippen molar-refractivity contribution in [3.05, 3.63) is 153 Å². The van der Waals surface area contributed by atoms with Crippen LogP contribution in [0.2, 0.25) is 5.15 Å². The summed E-state index contributed by atoms with van der Waals surface area (Å²) >= 11 is 5.68. The molecule has 4 heterocycles. The number of rotatable bonds is 7. The summed E-state index contributed by atoms with van der Waals surface area (Å²) in [4.78, 5) is 46.1. The van der Waals surface area contributed by atoms with Crippen LogP contribution < -0.4 is 62.3 Å². The van der Waals surface area contributed by atoms with E-state index in [-0.39, 0.29) is 49.3 Å². The first-order valence-corrected chi connectivity index (χ1v) is 19.6. The summed E-state index contributed by atoms with van der Waals surface area (Å²) in [6, 6.07) is 35.9. The minimum absolute atomic E-state index is 0. The van der Waals surface area contributed by atoms with E-state index in [1.807, 2.05) is 56.6 Å². The number of nitrogen functional groups attached to an aromatic ring is 1. The van der Waals surface area contributed by atoms with Crippen LogP contribution in [-0.4, -0.2) is 79.2 Å². The van der Waals surface area contributed by atoms with E-state index in [0.29, 0.717) is 16.1 Å². The molecule has 8 rings (SSSR count). The maximum atomic E-state index is 10.5. The van der Waals surface area contributed by atoms with Crippen molar-refractivity contribution < 1.29 is 44.2 Å². The third-order valence-electron chi connectivity index (χ3n) is 8.28. The molecule has 4 aromatic heterocycles. The number of aromatic nitrogens is 4. The number of carbonyl (C=O) groups is 1. The van der Waals surface area contributed by atoms with Crippen molar-refractivity contribution in [1.29, 1.82) is 5.26 Å². The second-order valence-corrected chi connectivity index (χ2v) is 12.8. The Hall–Kier alpha value is -7.21. The van der Waals surface area contributed by atoms with Crippen molar-refractivity contribution >= 4 is 110 Å². The van der Waals surface area contributed by atoms with Gasteiger partial charge in [0.15, 0.2) is 0 Å². The molecular formula is C45H49BClN13NaO5. The SMILES string of the molecule is CC=O.CCNc1ccc2nc(NC)ccc2c1.CN.CNc1ccc2cc(N)ccc2n1.CNc1ccc2cc([N+](=O)[O-])ccc2n1.O=[N+]([O-])c1ccc2nc(Cl)ccc2c1.[B].[C-]#N.[Na+]. The molecular weight excluding hydrogens is 872 g/mol. The summed E-state index contributed by atoms with van der Waals surface area (Å²) in [6.45, 7) is 9.22. The summed E-state index contributed by atoms with van der Waals surface area (Å²) in [5, 5.41) is 43.6. The molecule has 0 atom stereocenters. The number of anilines is 5. The van der Waals surface area contributed by atoms with Crippen LogP contribution >= 0.6 is 11.6 Å². The number of fused-ring (bicyclic) bond motifs is 4. The predicted molar refractivity (Wildman–Crippen MR) is 265 cm³/mol. The Balaban J connectivity index is 0.000000808. The van der Waals surface area contributed by atoms with Gasteiger partial charge in [0.1, 0.15) is 28.9 Å². The number of nitrogens with one attached hydrogen (secondary N) is 4. The zero-order valence-electron chi connectivity index (χ0n) is 37.6. The topological polar surface area (TPSA) is 279 Å². The molecule has 0 aliphatic heterocycles. The van der Waals surface area contributed by atoms with Gasteiger partial charge in [-0.3, -0.25) is 20.2 Å². The summed E-state index contributed by atoms with van der Waals surface area (Å²) in [7, 11) is 7.01. The molecule has 0 unspecified atom stereocenters. The number of nitro benzene ring substituents is 2. The third-order valence-corrected chi connectivity index (χ3v) is 8.50. The van der Waals surface area contributed by atoms with Crippen molar-refractivity contribution in [3.63, 3.8) is 0 Å². The van der Waals surface area contributed by atoms with Gasteiger partial charge in [0, 0.05) is 93.3 Å². The predicted octanol–water partition coefficient (Wildman–Crippen LogP) is 6.05. The molecule has 21 heteroatoms. The van der Waals surface area contributed by atoms with Gasteiger partial charge in [0.05, 0.1) is 31.9 Å². The average molecular weight is 921 g/mol. The van der Waals surface area contributed by atoms with Crippen LogP contribution in [0.3, 0.4) is 0 Å². The van der Waals surface area contributed by atoms with Gasteiger partial charge in [-0.05, 0) is 118 Å². The quantitative estimate of drug-likeness (QED) is 0.0202. The molecule has 8 aromatic rings. The normalized spacial score (nSPS) is 9.18. The molecule has 3 radical (unpaired) electrons. The Bertz CT molecular complexity index is 2810. The van der Waals surface area contributed by atoms with Crippen molar-refractivity contribution in [2.24, 2.45) is 5.73 Å². The largest absolute Gasteiger partial charge is 1.00 e. The van der Waals surface area contributed by atoms with E-state index in [0.717, 1.165) is 74.4 Å². The molecule has 4 aromatic carbocycles. The number of nitro groups is 2. The maximum absolute atomic E-state index is 10.5. The number of nitrogens with two attached hydrogens (primary N) is 2. The van der Waals surface area contributed by atoms with Crippen LogP contribution in [0.4, 0.5) is 40.2 Å². The number of carbonyl (C=O) groups excluding carboxylic acids is 1. The molecule has 18 nitrogen and oxygen atoms in total. The number of pyridine rings is 4. The smallest absolute Gasteiger partial charge is 0.512 e. The Kier molecular flexibility index (Phi) is 28.2. The van der Waals surface area contributed by atoms with Crippen molar-refractivity contribution in [1.82, 2.24) is 19.9 Å². The fourth-order valence-corrected chi connectivity index (χ4v) is 5.58. The average Bonchev–Trinajstić information content (AvgIpc) is 3.32. The number of hydrogen-bond donors (Lipinski definition) is 6. The van der Waals surface area contributed by atoms with Gasteiger partial charge in [-0.1, -0.05) is 11.6 Å². The number of halogens is 1. The summed E-state index contributed by atoms with van der Waals surface area (Å²) in [6.07, 6.45) is 0.750. The summed E-state index contributed by atoms with van der Waals surface area (Å²) in [5.41, 5.74) is 15.6. The van der Waals surface area contributed by atoms with Gasteiger partial charge in [0.25, 0.3) is 11.4 Å². The fourth-order valence-electron chi connectivity index (χ4n) is 5.43. The van der Waals surface area contributed by atoms with Crippen molar-refractivity contribution in [2.75, 3.05) is 61.7 Å². The molecule has 66 heavy (non-hydrogen) atoms. The van der Waals surface area contributed by atoms with Crippen molar-refractivity contribution in [2.45, 2.75) is 13.8 Å². The number of aldehydes is 1. The molecule has 8 N–H and O–H groups in total. The first-order chi connectivity index (χ1) is 30.9. The Morgan fingerprint density at radius 3 is 1.36 bits per heavy atom. The van der Waals surface area contributed by atoms with E-state index in [9.17, 15) is 20.2 Å². The molecule has 0 saturated heterocycles. The summed E-state index contributed by atoms with van der Waals surface area (Å²) in [5.74, 6) is 2.52. The van der Waals surface area contributed by atoms with Gasteiger partial charge >= 0.3 is 29.6 Å². The Morgan fingerprint density at radius 2 is 0.970 bits per heavy atom. The molecule has 0 saturated carbocycles. The fraction of sp³-hybridized carbons (Fsp3) is 0.156. The van der Waals surface area contributed by atoms with Gasteiger partial charge < -0.3 is 49.4 Å². The van der Waals surface area contributed by atoms with Gasteiger partial charge in [-0.2, -0.15) is 0 Å². The number of benzene rings is 4. The van der Waals surface area contributed by atoms with Gasteiger partial charge in [-0.25, -0.2) is 19.9 Å². The number of non-ortho nitro benzene ring substituents is 2. The van der Waals surface area contributed by atoms with Crippen LogP contribution in [0.5, 0.6) is 0 Å². The zero-order chi connectivity index (χ0) is 47.6. The monoisotopic (exact) mass is 920 g/mol. The van der Waals surface area contributed by atoms with Crippen LogP contribution in [-0.2, 0) is 4.79 Å². The minimum atomic E-state index is -0.436. The van der Waals surface area contributed by atoms with Crippen LogP contribution in [0.25, 0.3) is 43.6 Å². The van der Waals surface area contributed by atoms with E-state index >= 15 is 0 Å². The van der Waals surface area contributed by atoms with E-state index in [2.05, 4.69) is 72.1 Å². The van der Waals surface area contributed by atoms with Crippen LogP contribution in [0.1, 0.15) is 13.8 Å². The zero-order valence-corrected chi connectivity index (χ0v) is 40.4. The summed E-state index contributed by atoms with van der Waals surface area (Å²) < 4.78 is 0. The van der Waals surface area contributed by atoms with Crippen LogP contribution in [0.15, 0.2) is 121 Å². The van der Waals surface area contributed by atoms with Gasteiger partial charge in [-0.15, -0.1) is 0 Å². The molecule has 0 fully saturated rings. The van der Waals surface area contributed by atoms with E-state index in [1.165, 1.54) is 38.2 Å². The van der Waals surface area contributed by atoms with E-state index in [1.54, 1.807) is 43.4 Å². The third kappa shape index (κ3) is 18.5. The Morgan fingerprint density at radius 1 is 0.621 bits per heavy atom. The van der Waals surface area contributed by atoms with Crippen LogP contribution in [0, 0.1) is 32.1 Å². The minimum Gasteiger partial charge on any atom is -0.512 e. The first kappa shape index (κ1) is 58.8. The second-order valence-electron chi connectivity index (χ2n) is 12.4. The molecule has 335 valence electrons. The first-order valence-electron chi connectivity index (χ1n) is 19.2. The molecule has 0 spiro atoms. The molecule has 0 amide bonds. The van der Waals surface area contributed by atoms with Crippen molar-refractivity contribution in [3.8, 4) is 0 Å². The van der Waals surface area contributed by atoms with E-state index in [4.69, 9.17) is 34.0 Å². The number of hydrogen-bond acceptors (Lipinski definition) is 16. The molecule has 0 aliphatic rings. The standard InChI is InChI=1S/C12H15N3.C10H9N3O2.C10H11N3.C9H5ClN2O2.C2H4O.CH5N.CN.B.Na/c1-3-14-10-5-6-11-9(8-10)4-7-12(13-2)15-11;1-11-10-5-2-7-6-8(13(14)15)3-4-9(7)12-10;1-12-10-5-2-7-6-8(11)3-4-9(7)13-10;10-9-4-1-6-5-7(12(13)14)2-3-8(6)11-9;1-2-3;2*1-2;;/h4-8,14H,3H2,1-2H3,(H,13,15);2-6H,1H3,(H,11,12);2-6H,11H2,1H3,(H,12,13);1-5H;2H,1H3;2H2,1H3;;;/q;;;;;;-1;;+1. The second kappa shape index (κ2) is 31.6. The number of nitrogens with zero attached hydrogens (tertiary/aromatic N) is 7. The Labute approximate surface area is 411 Å². The molecule has 0 bridgehead atoms. The van der Waals surface area contributed by atoms with E-state index < -0.39 is 9.85 Å². The maximum Gasteiger partial charge on any atom is 1.00 e. The molecule has 0 aliphatic carbocycles.